The van der Waals surface area contributed by atoms with Gasteiger partial charge in [-0.1, -0.05) is 206 Å². The molecule has 11 aromatic carbocycles. The van der Waals surface area contributed by atoms with E-state index in [1.807, 2.05) is 121 Å². The van der Waals surface area contributed by atoms with Crippen molar-refractivity contribution in [2.45, 2.75) is 5.41 Å². The summed E-state index contributed by atoms with van der Waals surface area (Å²) in [5.74, 6) is 0. The molecule has 0 atom stereocenters. The van der Waals surface area contributed by atoms with Crippen LogP contribution < -0.4 is 4.90 Å². The molecule has 2 heteroatoms. The second kappa shape index (κ2) is 15.8. The maximum Gasteiger partial charge on any atom is 0.136 e. The number of nitrogens with zero attached hydrogens (tertiary/aromatic N) is 1. The van der Waals surface area contributed by atoms with Gasteiger partial charge in [0.25, 0.3) is 0 Å². The Morgan fingerprint density at radius 1 is 0.373 bits per heavy atom. The molecule has 314 valence electrons. The van der Waals surface area contributed by atoms with Gasteiger partial charge in [0.2, 0.25) is 0 Å². The van der Waals surface area contributed by atoms with E-state index in [2.05, 4.69) is 36.4 Å². The molecule has 67 heavy (non-hydrogen) atoms. The predicted molar refractivity (Wildman–Crippen MR) is 280 cm³/mol. The van der Waals surface area contributed by atoms with E-state index in [4.69, 9.17) is 14.0 Å². The molecule has 0 amide bonds. The second-order valence-electron chi connectivity index (χ2n) is 16.2. The minimum Gasteiger partial charge on any atom is -0.456 e. The first-order valence-electron chi connectivity index (χ1n) is 30.2. The SMILES string of the molecule is [2H]c1c([2H])c(N(c2ccc(-c3ccccc3)cc2)c2ccc3c(c2)C(c2ccccc2)(c2ccccc2)c2ccccc2-3)c([2H])c([2H])c1-c1c([2H])c([2H])c2c([2H])c([2H])c([2H])c([2H])c2c1-c1c([2H])c([2H])c2c(oc3c([2H])c([2H])c([2H])c([2H])c32)c1[2H]. The maximum atomic E-state index is 10.2. The van der Waals surface area contributed by atoms with E-state index in [9.17, 15) is 13.7 Å². The van der Waals surface area contributed by atoms with Crippen LogP contribution in [0.1, 0.15) is 45.6 Å². The van der Waals surface area contributed by atoms with Crippen LogP contribution in [0.15, 0.2) is 265 Å². The van der Waals surface area contributed by atoms with Gasteiger partial charge >= 0.3 is 0 Å². The zero-order chi connectivity index (χ0) is 59.1. The molecule has 1 aliphatic rings. The fraction of sp³-hybridized carbons (Fsp3) is 0.0154. The summed E-state index contributed by atoms with van der Waals surface area (Å²) < 4.78 is 164. The first kappa shape index (κ1) is 25.1. The molecular formula is C65H43NO. The third-order valence-corrected chi connectivity index (χ3v) is 12.7. The molecule has 0 aliphatic heterocycles. The van der Waals surface area contributed by atoms with E-state index in [-0.39, 0.29) is 16.5 Å². The highest BCUT2D eigenvalue weighted by atomic mass is 16.3. The standard InChI is InChI=1S/C65H43NO/c1-4-16-44(17-5-1)45-28-34-51(35-29-45)66(53-38-41-57-56-24-12-14-26-60(56)65(61(57)43-53,49-19-6-2-7-20-49)50-21-8-3-9-22-50)52-36-30-47(31-37-52)55-39-32-46-18-10-11-23-54(46)64(55)48-33-40-59-58-25-13-15-27-62(58)67-63(59)42-48/h1-43H/i10D,11D,13D,15D,18D,23D,25D,27D,30D,31D,32D,33D,36D,37D,39D,40D,42D. The molecule has 1 aliphatic carbocycles. The van der Waals surface area contributed by atoms with Gasteiger partial charge in [-0.05, 0) is 132 Å². The van der Waals surface area contributed by atoms with Crippen molar-refractivity contribution in [2.75, 3.05) is 4.90 Å². The van der Waals surface area contributed by atoms with Crippen LogP contribution in [-0.2, 0) is 5.41 Å². The van der Waals surface area contributed by atoms with Gasteiger partial charge in [-0.25, -0.2) is 0 Å². The van der Waals surface area contributed by atoms with Gasteiger partial charge in [-0.2, -0.15) is 0 Å². The van der Waals surface area contributed by atoms with Crippen LogP contribution >= 0.6 is 0 Å². The number of hydrogen-bond donors (Lipinski definition) is 0. The van der Waals surface area contributed by atoms with Crippen molar-refractivity contribution in [3.8, 4) is 44.5 Å². The van der Waals surface area contributed by atoms with Gasteiger partial charge < -0.3 is 9.32 Å². The molecule has 12 aromatic rings. The first-order valence-corrected chi connectivity index (χ1v) is 21.7. The molecule has 2 nitrogen and oxygen atoms in total. The van der Waals surface area contributed by atoms with Crippen LogP contribution in [0.5, 0.6) is 0 Å². The number of fused-ring (bicyclic) bond motifs is 7. The lowest BCUT2D eigenvalue weighted by Gasteiger charge is -2.35. The van der Waals surface area contributed by atoms with E-state index in [1.165, 1.54) is 0 Å². The molecule has 0 spiro atoms. The minimum atomic E-state index is -0.897. The van der Waals surface area contributed by atoms with Gasteiger partial charge in [0.1, 0.15) is 11.2 Å². The van der Waals surface area contributed by atoms with Crippen LogP contribution in [0, 0.1) is 0 Å². The monoisotopic (exact) mass is 870 g/mol. The maximum absolute atomic E-state index is 10.2. The third-order valence-electron chi connectivity index (χ3n) is 12.7. The van der Waals surface area contributed by atoms with Crippen molar-refractivity contribution in [2.24, 2.45) is 0 Å². The Labute approximate surface area is 414 Å². The topological polar surface area (TPSA) is 16.4 Å². The van der Waals surface area contributed by atoms with Crippen LogP contribution in [0.25, 0.3) is 77.2 Å². The number of rotatable bonds is 8. The van der Waals surface area contributed by atoms with Gasteiger partial charge in [0.05, 0.1) is 28.7 Å². The summed E-state index contributed by atoms with van der Waals surface area (Å²) in [5.41, 5.74) is 3.88. The highest BCUT2D eigenvalue weighted by Crippen LogP contribution is 2.57. The number of anilines is 3. The minimum absolute atomic E-state index is 0.233. The van der Waals surface area contributed by atoms with E-state index in [1.54, 1.807) is 4.90 Å². The zero-order valence-electron chi connectivity index (χ0n) is 52.4. The third kappa shape index (κ3) is 6.26. The highest BCUT2D eigenvalue weighted by molar-refractivity contribution is 6.09. The number of hydrogen-bond acceptors (Lipinski definition) is 2. The zero-order valence-corrected chi connectivity index (χ0v) is 35.4. The number of para-hydroxylation sites is 1. The molecule has 0 unspecified atom stereocenters. The Hall–Kier alpha value is -8.72. The van der Waals surface area contributed by atoms with Crippen molar-refractivity contribution >= 4 is 49.8 Å². The van der Waals surface area contributed by atoms with Gasteiger partial charge in [-0.3, -0.25) is 0 Å². The summed E-state index contributed by atoms with van der Waals surface area (Å²) in [5, 5.41) is -1.69. The summed E-state index contributed by atoms with van der Waals surface area (Å²) in [6, 6.07) is 38.8. The average molecular weight is 871 g/mol. The van der Waals surface area contributed by atoms with Crippen molar-refractivity contribution in [3.63, 3.8) is 0 Å². The van der Waals surface area contributed by atoms with Crippen molar-refractivity contribution in [1.29, 1.82) is 0 Å². The lowest BCUT2D eigenvalue weighted by atomic mass is 9.67. The van der Waals surface area contributed by atoms with E-state index in [0.717, 1.165) is 44.5 Å². The molecule has 1 aromatic heterocycles. The number of furan rings is 1. The molecule has 0 radical (unpaired) electrons. The van der Waals surface area contributed by atoms with Crippen LogP contribution in [-0.4, -0.2) is 0 Å². The lowest BCUT2D eigenvalue weighted by Crippen LogP contribution is -2.28. The van der Waals surface area contributed by atoms with Crippen LogP contribution in [0.4, 0.5) is 17.1 Å². The molecule has 0 saturated carbocycles. The largest absolute Gasteiger partial charge is 0.456 e. The smallest absolute Gasteiger partial charge is 0.136 e. The molecule has 0 fully saturated rings. The van der Waals surface area contributed by atoms with E-state index < -0.39 is 152 Å². The highest BCUT2D eigenvalue weighted by Gasteiger charge is 2.46. The van der Waals surface area contributed by atoms with Crippen LogP contribution in [0.2, 0.25) is 0 Å². The van der Waals surface area contributed by atoms with Gasteiger partial charge in [-0.15, -0.1) is 0 Å². The Kier molecular flexibility index (Phi) is 5.91. The Balaban J connectivity index is 1.12. The summed E-state index contributed by atoms with van der Waals surface area (Å²) in [6.45, 7) is 0. The Bertz CT molecular complexity index is 4730. The van der Waals surface area contributed by atoms with Gasteiger partial charge in [0, 0.05) is 27.8 Å². The van der Waals surface area contributed by atoms with Crippen molar-refractivity contribution in [1.82, 2.24) is 0 Å². The van der Waals surface area contributed by atoms with E-state index >= 15 is 0 Å². The summed E-state index contributed by atoms with van der Waals surface area (Å²) in [7, 11) is 0. The molecule has 0 saturated heterocycles. The van der Waals surface area contributed by atoms with Crippen molar-refractivity contribution in [3.05, 3.63) is 283 Å². The Morgan fingerprint density at radius 3 is 1.73 bits per heavy atom. The summed E-state index contributed by atoms with van der Waals surface area (Å²) >= 11 is 0. The van der Waals surface area contributed by atoms with Crippen LogP contribution in [0.3, 0.4) is 0 Å². The quantitative estimate of drug-likeness (QED) is 0.151. The normalized spacial score (nSPS) is 16.1. The Morgan fingerprint density at radius 2 is 0.970 bits per heavy atom. The number of benzene rings is 11. The summed E-state index contributed by atoms with van der Waals surface area (Å²) in [4.78, 5) is 1.63. The molecule has 1 heterocycles. The molecule has 0 bridgehead atoms. The van der Waals surface area contributed by atoms with Gasteiger partial charge in [0.15, 0.2) is 0 Å². The second-order valence-corrected chi connectivity index (χ2v) is 16.2. The fourth-order valence-electron chi connectivity index (χ4n) is 9.72. The predicted octanol–water partition coefficient (Wildman–Crippen LogP) is 17.6. The molecule has 13 rings (SSSR count). The fourth-order valence-corrected chi connectivity index (χ4v) is 9.72. The molecular weight excluding hydrogens is 811 g/mol. The lowest BCUT2D eigenvalue weighted by molar-refractivity contribution is 0.669. The average Bonchev–Trinajstić information content (AvgIpc) is 1.38. The first-order chi connectivity index (χ1) is 40.3. The van der Waals surface area contributed by atoms with E-state index in [0.29, 0.717) is 11.4 Å². The molecule has 0 N–H and O–H groups in total. The van der Waals surface area contributed by atoms with Crippen molar-refractivity contribution < 1.29 is 27.7 Å². The summed E-state index contributed by atoms with van der Waals surface area (Å²) in [6.07, 6.45) is 0.